The minimum atomic E-state index is -3.53. The summed E-state index contributed by atoms with van der Waals surface area (Å²) in [6.07, 6.45) is 1.98. The maximum Gasteiger partial charge on any atom is 0.229 e. The van der Waals surface area contributed by atoms with Crippen LogP contribution in [0, 0.1) is 17.1 Å². The van der Waals surface area contributed by atoms with Gasteiger partial charge in [-0.1, -0.05) is 12.1 Å². The third-order valence-electron chi connectivity index (χ3n) is 3.79. The third-order valence-corrected chi connectivity index (χ3v) is 4.39. The zero-order chi connectivity index (χ0) is 21.7. The van der Waals surface area contributed by atoms with Gasteiger partial charge in [0.1, 0.15) is 5.75 Å². The number of hydrogen-bond acceptors (Lipinski definition) is 8. The Balaban J connectivity index is 1.92. The van der Waals surface area contributed by atoms with Gasteiger partial charge in [-0.3, -0.25) is 4.72 Å². The van der Waals surface area contributed by atoms with Crippen LogP contribution in [0.1, 0.15) is 5.56 Å². The van der Waals surface area contributed by atoms with E-state index in [1.54, 1.807) is 36.4 Å². The molecule has 0 unspecified atom stereocenters. The van der Waals surface area contributed by atoms with Gasteiger partial charge in [-0.2, -0.15) is 10.2 Å². The van der Waals surface area contributed by atoms with Gasteiger partial charge < -0.3 is 15.4 Å². The SMILES string of the molecule is COc1ccc(C#N)cc1Nc1ncc(F)c(Nc2ccccc2NS(C)(=O)=O)n1. The van der Waals surface area contributed by atoms with E-state index in [0.29, 0.717) is 22.7 Å². The summed E-state index contributed by atoms with van der Waals surface area (Å²) in [7, 11) is -2.07. The number of sulfonamides is 1. The summed E-state index contributed by atoms with van der Waals surface area (Å²) in [6, 6.07) is 13.2. The number of aromatic nitrogens is 2. The minimum Gasteiger partial charge on any atom is -0.495 e. The molecule has 0 atom stereocenters. The highest BCUT2D eigenvalue weighted by atomic mass is 32.2. The highest BCUT2D eigenvalue weighted by molar-refractivity contribution is 7.92. The fourth-order valence-electron chi connectivity index (χ4n) is 2.52. The molecule has 0 amide bonds. The lowest BCUT2D eigenvalue weighted by atomic mass is 10.2. The van der Waals surface area contributed by atoms with Crippen LogP contribution in [0.25, 0.3) is 0 Å². The molecule has 3 aromatic rings. The Morgan fingerprint density at radius 2 is 1.83 bits per heavy atom. The molecule has 9 nitrogen and oxygen atoms in total. The number of rotatable bonds is 7. The summed E-state index contributed by atoms with van der Waals surface area (Å²) in [5.74, 6) is -0.432. The minimum absolute atomic E-state index is 0.0424. The number of nitriles is 1. The Labute approximate surface area is 172 Å². The van der Waals surface area contributed by atoms with Crippen molar-refractivity contribution >= 4 is 38.9 Å². The highest BCUT2D eigenvalue weighted by Crippen LogP contribution is 2.30. The number of halogens is 1. The number of methoxy groups -OCH3 is 1. The normalized spacial score (nSPS) is 10.7. The predicted octanol–water partition coefficient (Wildman–Crippen LogP) is 3.35. The summed E-state index contributed by atoms with van der Waals surface area (Å²) in [5, 5.41) is 14.7. The molecule has 30 heavy (non-hydrogen) atoms. The van der Waals surface area contributed by atoms with E-state index in [2.05, 4.69) is 25.3 Å². The Morgan fingerprint density at radius 1 is 1.10 bits per heavy atom. The Kier molecular flexibility index (Phi) is 5.98. The van der Waals surface area contributed by atoms with Crippen molar-refractivity contribution in [3.63, 3.8) is 0 Å². The molecule has 11 heteroatoms. The summed E-state index contributed by atoms with van der Waals surface area (Å²) < 4.78 is 45.0. The van der Waals surface area contributed by atoms with Gasteiger partial charge in [0.2, 0.25) is 16.0 Å². The van der Waals surface area contributed by atoms with E-state index in [4.69, 9.17) is 10.00 Å². The van der Waals surface area contributed by atoms with Crippen molar-refractivity contribution in [1.82, 2.24) is 9.97 Å². The topological polar surface area (TPSA) is 129 Å². The van der Waals surface area contributed by atoms with Crippen LogP contribution >= 0.6 is 0 Å². The van der Waals surface area contributed by atoms with Gasteiger partial charge in [0.15, 0.2) is 11.6 Å². The van der Waals surface area contributed by atoms with Crippen LogP contribution in [0.2, 0.25) is 0 Å². The molecule has 154 valence electrons. The second kappa shape index (κ2) is 8.62. The Bertz CT molecular complexity index is 1230. The van der Waals surface area contributed by atoms with Gasteiger partial charge in [0, 0.05) is 0 Å². The lowest BCUT2D eigenvalue weighted by Gasteiger charge is -2.14. The first kappa shape index (κ1) is 20.8. The molecular formula is C19H17FN6O3S. The van der Waals surface area contributed by atoms with Crippen LogP contribution in [0.4, 0.5) is 33.2 Å². The van der Waals surface area contributed by atoms with E-state index < -0.39 is 15.8 Å². The number of anilines is 5. The van der Waals surface area contributed by atoms with Crippen molar-refractivity contribution in [2.24, 2.45) is 0 Å². The van der Waals surface area contributed by atoms with Crippen LogP contribution in [0.15, 0.2) is 48.7 Å². The molecule has 2 aromatic carbocycles. The van der Waals surface area contributed by atoms with Crippen LogP contribution in [-0.2, 0) is 10.0 Å². The second-order valence-corrected chi connectivity index (χ2v) is 7.84. The summed E-state index contributed by atoms with van der Waals surface area (Å²) in [4.78, 5) is 8.01. The molecule has 3 N–H and O–H groups in total. The van der Waals surface area contributed by atoms with Crippen LogP contribution in [0.5, 0.6) is 5.75 Å². The van der Waals surface area contributed by atoms with Gasteiger partial charge in [0.25, 0.3) is 0 Å². The lowest BCUT2D eigenvalue weighted by Crippen LogP contribution is -2.11. The van der Waals surface area contributed by atoms with E-state index in [1.165, 1.54) is 13.2 Å². The number of hydrogen-bond donors (Lipinski definition) is 3. The molecular weight excluding hydrogens is 411 g/mol. The fourth-order valence-corrected chi connectivity index (χ4v) is 3.10. The molecule has 0 spiro atoms. The quantitative estimate of drug-likeness (QED) is 0.522. The van der Waals surface area contributed by atoms with Crippen molar-refractivity contribution < 1.29 is 17.5 Å². The van der Waals surface area contributed by atoms with E-state index in [9.17, 15) is 12.8 Å². The average Bonchev–Trinajstić information content (AvgIpc) is 2.70. The molecule has 0 fully saturated rings. The third kappa shape index (κ3) is 5.12. The Morgan fingerprint density at radius 3 is 2.50 bits per heavy atom. The first-order valence-corrected chi connectivity index (χ1v) is 10.4. The van der Waals surface area contributed by atoms with Crippen molar-refractivity contribution in [2.45, 2.75) is 0 Å². The smallest absolute Gasteiger partial charge is 0.229 e. The first-order valence-electron chi connectivity index (χ1n) is 8.50. The summed E-state index contributed by atoms with van der Waals surface area (Å²) >= 11 is 0. The number of ether oxygens (including phenoxy) is 1. The van der Waals surface area contributed by atoms with E-state index >= 15 is 0 Å². The van der Waals surface area contributed by atoms with Gasteiger partial charge in [0.05, 0.1) is 48.3 Å². The van der Waals surface area contributed by atoms with Crippen molar-refractivity contribution in [3.8, 4) is 11.8 Å². The summed E-state index contributed by atoms with van der Waals surface area (Å²) in [6.45, 7) is 0. The molecule has 1 aromatic heterocycles. The molecule has 0 aliphatic carbocycles. The predicted molar refractivity (Wildman–Crippen MR) is 111 cm³/mol. The standard InChI is InChI=1S/C19H17FN6O3S/c1-29-17-8-7-12(10-21)9-16(17)24-19-22-11-13(20)18(25-19)23-14-5-3-4-6-15(14)26-30(2,27)28/h3-9,11,26H,1-2H3,(H2,22,23,24,25). The maximum absolute atomic E-state index is 14.3. The van der Waals surface area contributed by atoms with Gasteiger partial charge in [-0.15, -0.1) is 0 Å². The van der Waals surface area contributed by atoms with Crippen LogP contribution < -0.4 is 20.1 Å². The zero-order valence-corrected chi connectivity index (χ0v) is 16.8. The number of nitrogens with one attached hydrogen (secondary N) is 3. The lowest BCUT2D eigenvalue weighted by molar-refractivity contribution is 0.416. The van der Waals surface area contributed by atoms with Gasteiger partial charge in [-0.05, 0) is 30.3 Å². The van der Waals surface area contributed by atoms with E-state index in [0.717, 1.165) is 12.5 Å². The molecule has 1 heterocycles. The van der Waals surface area contributed by atoms with Gasteiger partial charge in [-0.25, -0.2) is 17.8 Å². The molecule has 0 aliphatic rings. The monoisotopic (exact) mass is 428 g/mol. The molecule has 0 aliphatic heterocycles. The summed E-state index contributed by atoms with van der Waals surface area (Å²) in [5.41, 5.74) is 1.35. The van der Waals surface area contributed by atoms with Crippen LogP contribution in [-0.4, -0.2) is 31.8 Å². The van der Waals surface area contributed by atoms with Crippen molar-refractivity contribution in [1.29, 1.82) is 5.26 Å². The molecule has 0 radical (unpaired) electrons. The van der Waals surface area contributed by atoms with E-state index in [-0.39, 0.29) is 17.5 Å². The Hall–Kier alpha value is -3.91. The zero-order valence-electron chi connectivity index (χ0n) is 16.0. The van der Waals surface area contributed by atoms with Crippen molar-refractivity contribution in [3.05, 3.63) is 60.0 Å². The largest absolute Gasteiger partial charge is 0.495 e. The molecule has 0 saturated carbocycles. The van der Waals surface area contributed by atoms with Gasteiger partial charge >= 0.3 is 0 Å². The average molecular weight is 428 g/mol. The first-order chi connectivity index (χ1) is 14.3. The number of benzene rings is 2. The molecule has 0 bridgehead atoms. The van der Waals surface area contributed by atoms with Crippen LogP contribution in [0.3, 0.4) is 0 Å². The second-order valence-electron chi connectivity index (χ2n) is 6.09. The number of para-hydroxylation sites is 2. The van der Waals surface area contributed by atoms with Crippen molar-refractivity contribution in [2.75, 3.05) is 28.7 Å². The molecule has 3 rings (SSSR count). The molecule has 0 saturated heterocycles. The highest BCUT2D eigenvalue weighted by Gasteiger charge is 2.13. The fraction of sp³-hybridized carbons (Fsp3) is 0.105. The maximum atomic E-state index is 14.3. The number of nitrogens with zero attached hydrogens (tertiary/aromatic N) is 3. The van der Waals surface area contributed by atoms with E-state index in [1.807, 2.05) is 6.07 Å².